The van der Waals surface area contributed by atoms with E-state index in [-0.39, 0.29) is 48.3 Å². The molecule has 40 heavy (non-hydrogen) atoms. The standard InChI is InChI=1S/C33H39NO6/c1-38-19-23-17-27-31(33(37)34(32(27)36)24-10-6-3-7-11-24)28-20-39-29(30(23)28)15-12-22(21-8-4-2-5-9-21)16-25-13-14-26(18-35)40-25/h2,4-5,8-9,13-14,16,24,27-29,31,35H,3,6-7,10-12,15,17-20H2,1H3/b22-16-/t27-,28+,29-,31-/m1/s1. The van der Waals surface area contributed by atoms with Gasteiger partial charge < -0.3 is 19.0 Å². The fourth-order valence-corrected chi connectivity index (χ4v) is 7.47. The molecule has 1 aromatic heterocycles. The molecule has 2 saturated heterocycles. The summed E-state index contributed by atoms with van der Waals surface area (Å²) in [6, 6.07) is 13.9. The first-order chi connectivity index (χ1) is 19.6. The summed E-state index contributed by atoms with van der Waals surface area (Å²) in [5, 5.41) is 9.42. The summed E-state index contributed by atoms with van der Waals surface area (Å²) in [4.78, 5) is 29.1. The molecule has 2 aromatic rings. The number of benzene rings is 1. The van der Waals surface area contributed by atoms with Crippen LogP contribution in [0.25, 0.3) is 11.6 Å². The Morgan fingerprint density at radius 2 is 1.85 bits per heavy atom. The van der Waals surface area contributed by atoms with Gasteiger partial charge in [0, 0.05) is 19.1 Å². The zero-order valence-electron chi connectivity index (χ0n) is 23.2. The predicted molar refractivity (Wildman–Crippen MR) is 151 cm³/mol. The van der Waals surface area contributed by atoms with Crippen LogP contribution in [-0.4, -0.2) is 54.3 Å². The minimum Gasteiger partial charge on any atom is -0.459 e. The molecule has 7 heteroatoms. The lowest BCUT2D eigenvalue weighted by atomic mass is 9.69. The second-order valence-electron chi connectivity index (χ2n) is 11.6. The molecule has 4 aliphatic rings. The van der Waals surface area contributed by atoms with Crippen molar-refractivity contribution in [2.45, 2.75) is 70.1 Å². The maximum absolute atomic E-state index is 13.8. The number of methoxy groups -OCH3 is 1. The quantitative estimate of drug-likeness (QED) is 0.336. The van der Waals surface area contributed by atoms with E-state index >= 15 is 0 Å². The van der Waals surface area contributed by atoms with Crippen LogP contribution in [0.4, 0.5) is 0 Å². The van der Waals surface area contributed by atoms with Gasteiger partial charge in [0.1, 0.15) is 18.1 Å². The van der Waals surface area contributed by atoms with E-state index in [1.165, 1.54) is 12.0 Å². The average molecular weight is 546 g/mol. The molecule has 0 bridgehead atoms. The molecule has 2 aliphatic carbocycles. The van der Waals surface area contributed by atoms with Crippen LogP contribution in [0.2, 0.25) is 0 Å². The Balaban J connectivity index is 1.25. The van der Waals surface area contributed by atoms with E-state index in [0.29, 0.717) is 31.2 Å². The molecule has 0 spiro atoms. The lowest BCUT2D eigenvalue weighted by Crippen LogP contribution is -2.42. The van der Waals surface area contributed by atoms with Crippen molar-refractivity contribution in [2.24, 2.45) is 17.8 Å². The smallest absolute Gasteiger partial charge is 0.234 e. The molecule has 1 N–H and O–H groups in total. The lowest BCUT2D eigenvalue weighted by molar-refractivity contribution is -0.143. The van der Waals surface area contributed by atoms with Crippen molar-refractivity contribution < 1.29 is 28.6 Å². The molecule has 0 radical (unpaired) electrons. The van der Waals surface area contributed by atoms with Crippen molar-refractivity contribution in [3.05, 3.63) is 70.7 Å². The second-order valence-corrected chi connectivity index (χ2v) is 11.6. The van der Waals surface area contributed by atoms with Gasteiger partial charge in [-0.2, -0.15) is 0 Å². The molecule has 7 nitrogen and oxygen atoms in total. The topological polar surface area (TPSA) is 89.2 Å². The SMILES string of the molecule is COCC1=C2[C@@H](CC/C(=C/c3ccc(CO)o3)c3ccccc3)OC[C@@H]2[C@@H]2C(=O)N(C3CCCCC3)C(=O)[C@@H]2C1. The monoisotopic (exact) mass is 545 g/mol. The van der Waals surface area contributed by atoms with Crippen LogP contribution in [0.3, 0.4) is 0 Å². The first-order valence-electron chi connectivity index (χ1n) is 14.7. The number of aliphatic hydroxyl groups is 1. The molecule has 212 valence electrons. The number of aliphatic hydroxyl groups excluding tert-OH is 1. The minimum absolute atomic E-state index is 0.0208. The van der Waals surface area contributed by atoms with Gasteiger partial charge in [0.2, 0.25) is 11.8 Å². The number of nitrogens with zero attached hydrogens (tertiary/aromatic N) is 1. The molecule has 3 fully saturated rings. The number of imide groups is 1. The summed E-state index contributed by atoms with van der Waals surface area (Å²) in [7, 11) is 1.69. The van der Waals surface area contributed by atoms with Gasteiger partial charge in [0.05, 0.1) is 31.2 Å². The molecule has 2 aliphatic heterocycles. The molecular weight excluding hydrogens is 506 g/mol. The van der Waals surface area contributed by atoms with Crippen molar-refractivity contribution in [1.29, 1.82) is 0 Å². The number of ether oxygens (including phenoxy) is 2. The van der Waals surface area contributed by atoms with E-state index in [1.807, 2.05) is 30.3 Å². The Morgan fingerprint density at radius 1 is 1.05 bits per heavy atom. The van der Waals surface area contributed by atoms with E-state index in [1.54, 1.807) is 18.1 Å². The number of amides is 2. The number of furan rings is 1. The molecule has 0 unspecified atom stereocenters. The predicted octanol–water partition coefficient (Wildman–Crippen LogP) is 5.39. The maximum Gasteiger partial charge on any atom is 0.234 e. The third-order valence-corrected chi connectivity index (χ3v) is 9.28. The zero-order valence-corrected chi connectivity index (χ0v) is 23.2. The summed E-state index contributed by atoms with van der Waals surface area (Å²) in [5.41, 5.74) is 4.53. The third-order valence-electron chi connectivity index (χ3n) is 9.28. The van der Waals surface area contributed by atoms with Crippen LogP contribution in [0.15, 0.2) is 58.0 Å². The largest absolute Gasteiger partial charge is 0.459 e. The van der Waals surface area contributed by atoms with Crippen molar-refractivity contribution in [3.63, 3.8) is 0 Å². The van der Waals surface area contributed by atoms with E-state index in [0.717, 1.165) is 55.2 Å². The molecular formula is C33H39NO6. The van der Waals surface area contributed by atoms with Gasteiger partial charge in [-0.15, -0.1) is 0 Å². The van der Waals surface area contributed by atoms with Gasteiger partial charge in [-0.25, -0.2) is 0 Å². The molecule has 6 rings (SSSR count). The maximum atomic E-state index is 13.8. The number of hydrogen-bond acceptors (Lipinski definition) is 6. The first-order valence-corrected chi connectivity index (χ1v) is 14.7. The highest BCUT2D eigenvalue weighted by Crippen LogP contribution is 2.51. The van der Waals surface area contributed by atoms with Gasteiger partial charge in [0.25, 0.3) is 0 Å². The van der Waals surface area contributed by atoms with Gasteiger partial charge in [-0.1, -0.05) is 49.6 Å². The van der Waals surface area contributed by atoms with Gasteiger partial charge in [-0.3, -0.25) is 14.5 Å². The Kier molecular flexibility index (Phi) is 8.05. The summed E-state index contributed by atoms with van der Waals surface area (Å²) in [6.45, 7) is 0.787. The fourth-order valence-electron chi connectivity index (χ4n) is 7.47. The minimum atomic E-state index is -0.320. The number of hydrogen-bond donors (Lipinski definition) is 1. The summed E-state index contributed by atoms with van der Waals surface area (Å²) >= 11 is 0. The van der Waals surface area contributed by atoms with Crippen LogP contribution < -0.4 is 0 Å². The van der Waals surface area contributed by atoms with E-state index in [9.17, 15) is 14.7 Å². The van der Waals surface area contributed by atoms with Gasteiger partial charge >= 0.3 is 0 Å². The van der Waals surface area contributed by atoms with Crippen LogP contribution in [-0.2, 0) is 25.7 Å². The van der Waals surface area contributed by atoms with Crippen LogP contribution in [0, 0.1) is 17.8 Å². The van der Waals surface area contributed by atoms with Crippen LogP contribution >= 0.6 is 0 Å². The normalized spacial score (nSPS) is 27.4. The summed E-state index contributed by atoms with van der Waals surface area (Å²) < 4.78 is 17.8. The summed E-state index contributed by atoms with van der Waals surface area (Å²) in [6.07, 6.45) is 9.18. The highest BCUT2D eigenvalue weighted by atomic mass is 16.5. The van der Waals surface area contributed by atoms with E-state index in [4.69, 9.17) is 13.9 Å². The lowest BCUT2D eigenvalue weighted by Gasteiger charge is -2.31. The molecule has 1 aromatic carbocycles. The number of carbonyl (C=O) groups is 2. The number of fused-ring (bicyclic) bond motifs is 3. The number of carbonyl (C=O) groups excluding carboxylic acids is 2. The van der Waals surface area contributed by atoms with Crippen molar-refractivity contribution in [3.8, 4) is 0 Å². The first kappa shape index (κ1) is 27.2. The number of likely N-dealkylation sites (tertiary alicyclic amines) is 1. The van der Waals surface area contributed by atoms with Crippen molar-refractivity contribution in [1.82, 2.24) is 4.90 Å². The average Bonchev–Trinajstić information content (AvgIpc) is 3.69. The highest BCUT2D eigenvalue weighted by molar-refractivity contribution is 6.06. The van der Waals surface area contributed by atoms with E-state index < -0.39 is 0 Å². The van der Waals surface area contributed by atoms with Crippen molar-refractivity contribution >= 4 is 23.5 Å². The Labute approximate surface area is 235 Å². The highest BCUT2D eigenvalue weighted by Gasteiger charge is 2.58. The zero-order chi connectivity index (χ0) is 27.6. The Morgan fingerprint density at radius 3 is 2.58 bits per heavy atom. The second kappa shape index (κ2) is 11.9. The molecule has 1 saturated carbocycles. The Hall–Kier alpha value is -3.00. The molecule has 3 heterocycles. The van der Waals surface area contributed by atoms with Crippen LogP contribution in [0.5, 0.6) is 0 Å². The van der Waals surface area contributed by atoms with Gasteiger partial charge in [0.15, 0.2) is 0 Å². The number of allylic oxidation sites excluding steroid dienone is 1. The van der Waals surface area contributed by atoms with Crippen molar-refractivity contribution in [2.75, 3.05) is 20.3 Å². The molecule has 2 amide bonds. The van der Waals surface area contributed by atoms with E-state index in [2.05, 4.69) is 12.1 Å². The molecule has 4 atom stereocenters. The Bertz CT molecular complexity index is 1290. The fraction of sp³-hybridized carbons (Fsp3) is 0.515. The van der Waals surface area contributed by atoms with Crippen LogP contribution in [0.1, 0.15) is 68.5 Å². The number of rotatable bonds is 9. The summed E-state index contributed by atoms with van der Waals surface area (Å²) in [5.74, 6) is 0.589. The third kappa shape index (κ3) is 5.11. The van der Waals surface area contributed by atoms with Gasteiger partial charge in [-0.05, 0) is 72.6 Å².